The van der Waals surface area contributed by atoms with Gasteiger partial charge in [0.15, 0.2) is 0 Å². The third-order valence-electron chi connectivity index (χ3n) is 10.7. The van der Waals surface area contributed by atoms with E-state index < -0.39 is 0 Å². The highest BCUT2D eigenvalue weighted by Gasteiger charge is 2.61. The molecule has 4 rings (SSSR count). The molecule has 0 radical (unpaired) electrons. The molecule has 9 atom stereocenters. The van der Waals surface area contributed by atoms with Gasteiger partial charge in [-0.2, -0.15) is 0 Å². The predicted molar refractivity (Wildman–Crippen MR) is 126 cm³/mol. The van der Waals surface area contributed by atoms with Crippen molar-refractivity contribution in [3.63, 3.8) is 0 Å². The molecule has 0 bridgehead atoms. The Labute approximate surface area is 188 Å². The number of ketones is 1. The van der Waals surface area contributed by atoms with Gasteiger partial charge in [0.05, 0.1) is 4.83 Å². The highest BCUT2D eigenvalue weighted by atomic mass is 79.9. The van der Waals surface area contributed by atoms with Crippen molar-refractivity contribution in [2.45, 2.75) is 110 Å². The van der Waals surface area contributed by atoms with Gasteiger partial charge in [-0.15, -0.1) is 0 Å². The Morgan fingerprint density at radius 3 is 2.41 bits per heavy atom. The summed E-state index contributed by atoms with van der Waals surface area (Å²) in [5.41, 5.74) is 0.979. The second-order valence-corrected chi connectivity index (χ2v) is 13.6. The van der Waals surface area contributed by atoms with E-state index >= 15 is 0 Å². The van der Waals surface area contributed by atoms with Gasteiger partial charge in [0, 0.05) is 6.42 Å². The quantitative estimate of drug-likeness (QED) is 0.375. The van der Waals surface area contributed by atoms with Crippen LogP contribution in [0, 0.1) is 52.3 Å². The number of hydrogen-bond acceptors (Lipinski definition) is 1. The van der Waals surface area contributed by atoms with E-state index in [1.807, 2.05) is 0 Å². The molecular formula is C27H45BrO. The second kappa shape index (κ2) is 8.25. The van der Waals surface area contributed by atoms with Crippen LogP contribution < -0.4 is 0 Å². The number of rotatable bonds is 5. The highest BCUT2D eigenvalue weighted by Crippen LogP contribution is 2.68. The summed E-state index contributed by atoms with van der Waals surface area (Å²) in [6.07, 6.45) is 14.7. The maximum absolute atomic E-state index is 12.4. The van der Waals surface area contributed by atoms with Crippen LogP contribution in [0.15, 0.2) is 0 Å². The summed E-state index contributed by atoms with van der Waals surface area (Å²) < 4.78 is 0. The third kappa shape index (κ3) is 3.80. The van der Waals surface area contributed by atoms with Crippen molar-refractivity contribution in [1.29, 1.82) is 0 Å². The Hall–Kier alpha value is 0.150. The van der Waals surface area contributed by atoms with Gasteiger partial charge >= 0.3 is 0 Å². The van der Waals surface area contributed by atoms with Crippen LogP contribution in [0.5, 0.6) is 0 Å². The minimum Gasteiger partial charge on any atom is -0.298 e. The summed E-state index contributed by atoms with van der Waals surface area (Å²) in [7, 11) is 0. The lowest BCUT2D eigenvalue weighted by atomic mass is 9.44. The zero-order chi connectivity index (χ0) is 21.0. The van der Waals surface area contributed by atoms with Gasteiger partial charge in [-0.1, -0.05) is 69.8 Å². The molecule has 0 aromatic heterocycles. The van der Waals surface area contributed by atoms with E-state index in [2.05, 4.69) is 50.5 Å². The fraction of sp³-hybridized carbons (Fsp3) is 0.963. The molecule has 0 aromatic carbocycles. The number of hydrogen-bond donors (Lipinski definition) is 0. The first-order valence-corrected chi connectivity index (χ1v) is 13.7. The van der Waals surface area contributed by atoms with Crippen molar-refractivity contribution in [3.05, 3.63) is 0 Å². The summed E-state index contributed by atoms with van der Waals surface area (Å²) in [6, 6.07) is 0. The summed E-state index contributed by atoms with van der Waals surface area (Å²) in [5, 5.41) is 0. The van der Waals surface area contributed by atoms with Gasteiger partial charge in [0.25, 0.3) is 0 Å². The minimum atomic E-state index is 0.119. The number of alkyl halides is 1. The standard InChI is InChI=1S/C27H45BrO/c1-17(2)7-6-8-18(3)21-11-12-22-20-10-9-19-15-25(29)24(28)16-27(19,5)23(20)13-14-26(21,22)4/h17-24H,6-16H2,1-5H3/t18-,19?,20+,21-,22+,23+,24?,26-,27+/m1/s1. The lowest BCUT2D eigenvalue weighted by Gasteiger charge is -2.61. The Bertz CT molecular complexity index is 614. The average molecular weight is 466 g/mol. The summed E-state index contributed by atoms with van der Waals surface area (Å²) >= 11 is 3.75. The van der Waals surface area contributed by atoms with E-state index in [-0.39, 0.29) is 4.83 Å². The van der Waals surface area contributed by atoms with Crippen molar-refractivity contribution in [2.24, 2.45) is 52.3 Å². The molecule has 0 aromatic rings. The molecule has 166 valence electrons. The zero-order valence-corrected chi connectivity index (χ0v) is 21.3. The average Bonchev–Trinajstić information content (AvgIpc) is 3.00. The van der Waals surface area contributed by atoms with E-state index in [0.717, 1.165) is 48.3 Å². The Kier molecular flexibility index (Phi) is 6.36. The molecule has 4 saturated carbocycles. The molecule has 0 aliphatic heterocycles. The molecule has 2 heteroatoms. The Balaban J connectivity index is 1.48. The first-order valence-electron chi connectivity index (χ1n) is 12.8. The van der Waals surface area contributed by atoms with E-state index in [1.165, 1.54) is 57.8 Å². The molecule has 0 heterocycles. The van der Waals surface area contributed by atoms with Crippen molar-refractivity contribution >= 4 is 21.7 Å². The van der Waals surface area contributed by atoms with Crippen molar-refractivity contribution in [2.75, 3.05) is 0 Å². The molecule has 4 aliphatic rings. The second-order valence-electron chi connectivity index (χ2n) is 12.5. The van der Waals surface area contributed by atoms with Gasteiger partial charge in [-0.3, -0.25) is 4.79 Å². The minimum absolute atomic E-state index is 0.119. The molecule has 0 saturated heterocycles. The van der Waals surface area contributed by atoms with Crippen molar-refractivity contribution in [3.8, 4) is 0 Å². The number of fused-ring (bicyclic) bond motifs is 5. The molecule has 0 N–H and O–H groups in total. The molecule has 0 spiro atoms. The first-order chi connectivity index (χ1) is 13.7. The molecular weight excluding hydrogens is 420 g/mol. The smallest absolute Gasteiger partial charge is 0.146 e. The monoisotopic (exact) mass is 464 g/mol. The van der Waals surface area contributed by atoms with E-state index in [9.17, 15) is 4.79 Å². The van der Waals surface area contributed by atoms with Crippen LogP contribution in [0.4, 0.5) is 0 Å². The summed E-state index contributed by atoms with van der Waals surface area (Å²) in [4.78, 5) is 12.5. The van der Waals surface area contributed by atoms with Crippen molar-refractivity contribution in [1.82, 2.24) is 0 Å². The number of carbonyl (C=O) groups is 1. The van der Waals surface area contributed by atoms with E-state index in [1.54, 1.807) is 0 Å². The Morgan fingerprint density at radius 1 is 0.966 bits per heavy atom. The van der Waals surface area contributed by atoms with Crippen LogP contribution in [-0.2, 0) is 4.79 Å². The van der Waals surface area contributed by atoms with Crippen LogP contribution in [0.25, 0.3) is 0 Å². The topological polar surface area (TPSA) is 17.1 Å². The normalized spacial score (nSPS) is 48.2. The van der Waals surface area contributed by atoms with Crippen LogP contribution in [0.1, 0.15) is 105 Å². The van der Waals surface area contributed by atoms with Crippen molar-refractivity contribution < 1.29 is 4.79 Å². The Morgan fingerprint density at radius 2 is 1.69 bits per heavy atom. The van der Waals surface area contributed by atoms with Gasteiger partial charge < -0.3 is 0 Å². The van der Waals surface area contributed by atoms with Crippen LogP contribution >= 0.6 is 15.9 Å². The summed E-state index contributed by atoms with van der Waals surface area (Å²) in [6.45, 7) is 12.6. The fourth-order valence-corrected chi connectivity index (χ4v) is 9.97. The number of Topliss-reactive ketones (excluding diaryl/α,β-unsaturated/α-hetero) is 1. The predicted octanol–water partition coefficient (Wildman–Crippen LogP) is 8.05. The van der Waals surface area contributed by atoms with Crippen LogP contribution in [0.2, 0.25) is 0 Å². The molecule has 2 unspecified atom stereocenters. The molecule has 0 amide bonds. The van der Waals surface area contributed by atoms with Crippen LogP contribution in [-0.4, -0.2) is 10.6 Å². The SMILES string of the molecule is CC(C)CCC[C@@H](C)[C@H]1CC[C@H]2[C@@H]3CCC4CC(=O)C(Br)C[C@]4(C)[C@H]3CC[C@]12C. The maximum atomic E-state index is 12.4. The molecule has 29 heavy (non-hydrogen) atoms. The summed E-state index contributed by atoms with van der Waals surface area (Å²) in [5.74, 6) is 6.56. The van der Waals surface area contributed by atoms with Gasteiger partial charge in [-0.05, 0) is 97.2 Å². The molecule has 1 nitrogen and oxygen atoms in total. The van der Waals surface area contributed by atoms with E-state index in [4.69, 9.17) is 0 Å². The highest BCUT2D eigenvalue weighted by molar-refractivity contribution is 9.10. The van der Waals surface area contributed by atoms with Crippen LogP contribution in [0.3, 0.4) is 0 Å². The lowest BCUT2D eigenvalue weighted by molar-refractivity contribution is -0.139. The zero-order valence-electron chi connectivity index (χ0n) is 19.7. The van der Waals surface area contributed by atoms with E-state index in [0.29, 0.717) is 22.5 Å². The fourth-order valence-electron chi connectivity index (χ4n) is 9.08. The molecule has 4 fully saturated rings. The maximum Gasteiger partial charge on any atom is 0.146 e. The number of halogens is 1. The largest absolute Gasteiger partial charge is 0.298 e. The molecule has 4 aliphatic carbocycles. The van der Waals surface area contributed by atoms with Gasteiger partial charge in [-0.25, -0.2) is 0 Å². The van der Waals surface area contributed by atoms with Gasteiger partial charge in [0.1, 0.15) is 5.78 Å². The lowest BCUT2D eigenvalue weighted by Crippen LogP contribution is -2.55. The number of carbonyl (C=O) groups excluding carboxylic acids is 1. The third-order valence-corrected chi connectivity index (χ3v) is 11.5. The first kappa shape index (κ1) is 22.3. The van der Waals surface area contributed by atoms with Gasteiger partial charge in [0.2, 0.25) is 0 Å².